The van der Waals surface area contributed by atoms with Crippen molar-refractivity contribution in [2.24, 2.45) is 5.73 Å². The van der Waals surface area contributed by atoms with Crippen molar-refractivity contribution >= 4 is 6.01 Å². The zero-order valence-corrected chi connectivity index (χ0v) is 10.2. The first-order valence-electron chi connectivity index (χ1n) is 5.60. The maximum atomic E-state index is 5.49. The van der Waals surface area contributed by atoms with E-state index in [0.717, 1.165) is 12.2 Å². The number of benzene rings is 1. The number of aryl methyl sites for hydroxylation is 1. The Morgan fingerprint density at radius 3 is 2.59 bits per heavy atom. The van der Waals surface area contributed by atoms with Crippen LogP contribution in [0.1, 0.15) is 16.8 Å². The van der Waals surface area contributed by atoms with E-state index in [1.807, 2.05) is 11.9 Å². The van der Waals surface area contributed by atoms with Crippen LogP contribution in [0.15, 0.2) is 34.9 Å². The van der Waals surface area contributed by atoms with Crippen LogP contribution in [0.25, 0.3) is 0 Å². The summed E-state index contributed by atoms with van der Waals surface area (Å²) >= 11 is 0. The molecule has 2 aromatic rings. The average molecular weight is 231 g/mol. The lowest BCUT2D eigenvalue weighted by Crippen LogP contribution is -2.16. The molecule has 0 fully saturated rings. The van der Waals surface area contributed by atoms with E-state index >= 15 is 0 Å². The monoisotopic (exact) mass is 231 g/mol. The van der Waals surface area contributed by atoms with Gasteiger partial charge in [0.2, 0.25) is 0 Å². The van der Waals surface area contributed by atoms with Crippen LogP contribution in [0.3, 0.4) is 0 Å². The molecule has 0 aliphatic rings. The van der Waals surface area contributed by atoms with Gasteiger partial charge >= 0.3 is 0 Å². The quantitative estimate of drug-likeness (QED) is 0.875. The molecular formula is C13H17N3O. The maximum Gasteiger partial charge on any atom is 0.297 e. The third-order valence-electron chi connectivity index (χ3n) is 2.62. The summed E-state index contributed by atoms with van der Waals surface area (Å²) in [5.41, 5.74) is 8.75. The van der Waals surface area contributed by atoms with Gasteiger partial charge in [-0.15, -0.1) is 0 Å². The Balaban J connectivity index is 2.05. The van der Waals surface area contributed by atoms with Crippen LogP contribution in [0.4, 0.5) is 6.01 Å². The molecule has 1 aromatic carbocycles. The first-order chi connectivity index (χ1) is 8.19. The molecule has 0 atom stereocenters. The fourth-order valence-electron chi connectivity index (χ4n) is 1.60. The molecule has 0 unspecified atom stereocenters. The van der Waals surface area contributed by atoms with Gasteiger partial charge in [0.1, 0.15) is 6.26 Å². The normalized spacial score (nSPS) is 10.5. The standard InChI is InChI=1S/C13H17N3O/c1-10-3-5-11(6-4-10)8-16(2)13-15-12(7-14)9-17-13/h3-6,9H,7-8,14H2,1-2H3. The van der Waals surface area contributed by atoms with Gasteiger partial charge in [-0.1, -0.05) is 29.8 Å². The minimum absolute atomic E-state index is 0.405. The van der Waals surface area contributed by atoms with E-state index in [-0.39, 0.29) is 0 Å². The SMILES string of the molecule is Cc1ccc(CN(C)c2nc(CN)co2)cc1. The maximum absolute atomic E-state index is 5.49. The second-order valence-electron chi connectivity index (χ2n) is 4.17. The molecule has 0 bridgehead atoms. The van der Waals surface area contributed by atoms with Crippen LogP contribution < -0.4 is 10.6 Å². The Morgan fingerprint density at radius 1 is 1.29 bits per heavy atom. The third kappa shape index (κ3) is 2.85. The zero-order chi connectivity index (χ0) is 12.3. The van der Waals surface area contributed by atoms with E-state index in [1.54, 1.807) is 6.26 Å². The Kier molecular flexibility index (Phi) is 3.44. The number of nitrogens with zero attached hydrogens (tertiary/aromatic N) is 2. The van der Waals surface area contributed by atoms with E-state index in [1.165, 1.54) is 11.1 Å². The molecule has 0 saturated heterocycles. The molecule has 1 aromatic heterocycles. The van der Waals surface area contributed by atoms with Crippen LogP contribution in [0.5, 0.6) is 0 Å². The van der Waals surface area contributed by atoms with Crippen molar-refractivity contribution in [1.29, 1.82) is 0 Å². The molecule has 90 valence electrons. The van der Waals surface area contributed by atoms with Gasteiger partial charge in [0, 0.05) is 20.1 Å². The van der Waals surface area contributed by atoms with Gasteiger partial charge in [-0.2, -0.15) is 4.98 Å². The number of rotatable bonds is 4. The summed E-state index contributed by atoms with van der Waals surface area (Å²) in [5, 5.41) is 0. The highest BCUT2D eigenvalue weighted by Crippen LogP contribution is 2.15. The zero-order valence-electron chi connectivity index (χ0n) is 10.2. The molecule has 1 heterocycles. The third-order valence-corrected chi connectivity index (χ3v) is 2.62. The Hall–Kier alpha value is -1.81. The predicted octanol–water partition coefficient (Wildman–Crippen LogP) is 2.08. The summed E-state index contributed by atoms with van der Waals surface area (Å²) in [4.78, 5) is 6.24. The Bertz CT molecular complexity index is 476. The summed E-state index contributed by atoms with van der Waals surface area (Å²) < 4.78 is 5.35. The smallest absolute Gasteiger partial charge is 0.297 e. The van der Waals surface area contributed by atoms with Gasteiger partial charge in [0.05, 0.1) is 5.69 Å². The van der Waals surface area contributed by atoms with Crippen LogP contribution in [0, 0.1) is 6.92 Å². The van der Waals surface area contributed by atoms with Crippen LogP contribution >= 0.6 is 0 Å². The first kappa shape index (κ1) is 11.7. The molecule has 0 amide bonds. The number of hydrogen-bond acceptors (Lipinski definition) is 4. The number of nitrogens with two attached hydrogens (primary N) is 1. The highest BCUT2D eigenvalue weighted by molar-refractivity contribution is 5.30. The van der Waals surface area contributed by atoms with Gasteiger partial charge < -0.3 is 15.1 Å². The Morgan fingerprint density at radius 2 is 2.00 bits per heavy atom. The van der Waals surface area contributed by atoms with Crippen molar-refractivity contribution in [3.63, 3.8) is 0 Å². The molecular weight excluding hydrogens is 214 g/mol. The summed E-state index contributed by atoms with van der Waals surface area (Å²) in [5.74, 6) is 0. The highest BCUT2D eigenvalue weighted by atomic mass is 16.4. The molecule has 0 aliphatic carbocycles. The highest BCUT2D eigenvalue weighted by Gasteiger charge is 2.08. The molecule has 4 nitrogen and oxygen atoms in total. The lowest BCUT2D eigenvalue weighted by Gasteiger charge is -2.14. The predicted molar refractivity (Wildman–Crippen MR) is 67.7 cm³/mol. The van der Waals surface area contributed by atoms with Gasteiger partial charge in [0.15, 0.2) is 0 Å². The molecule has 0 spiro atoms. The Labute approximate surface area is 101 Å². The van der Waals surface area contributed by atoms with Crippen molar-refractivity contribution in [3.8, 4) is 0 Å². The second-order valence-corrected chi connectivity index (χ2v) is 4.17. The van der Waals surface area contributed by atoms with E-state index in [2.05, 4.69) is 36.2 Å². The lowest BCUT2D eigenvalue weighted by molar-refractivity contribution is 0.544. The second kappa shape index (κ2) is 5.01. The van der Waals surface area contributed by atoms with Crippen LogP contribution in [0.2, 0.25) is 0 Å². The van der Waals surface area contributed by atoms with E-state index in [4.69, 9.17) is 10.2 Å². The molecule has 0 aliphatic heterocycles. The number of oxazole rings is 1. The van der Waals surface area contributed by atoms with Crippen molar-refractivity contribution in [1.82, 2.24) is 4.98 Å². The van der Waals surface area contributed by atoms with Crippen LogP contribution in [-0.4, -0.2) is 12.0 Å². The number of aromatic nitrogens is 1. The minimum Gasteiger partial charge on any atom is -0.432 e. The molecule has 0 radical (unpaired) electrons. The van der Waals surface area contributed by atoms with Crippen LogP contribution in [-0.2, 0) is 13.1 Å². The minimum atomic E-state index is 0.405. The molecule has 2 N–H and O–H groups in total. The molecule has 0 saturated carbocycles. The van der Waals surface area contributed by atoms with Crippen molar-refractivity contribution < 1.29 is 4.42 Å². The summed E-state index contributed by atoms with van der Waals surface area (Å²) in [6.07, 6.45) is 1.60. The van der Waals surface area contributed by atoms with Crippen molar-refractivity contribution in [3.05, 3.63) is 47.3 Å². The fourth-order valence-corrected chi connectivity index (χ4v) is 1.60. The molecule has 4 heteroatoms. The van der Waals surface area contributed by atoms with Crippen molar-refractivity contribution in [2.45, 2.75) is 20.0 Å². The lowest BCUT2D eigenvalue weighted by atomic mass is 10.1. The summed E-state index contributed by atoms with van der Waals surface area (Å²) in [6.45, 7) is 3.25. The molecule has 17 heavy (non-hydrogen) atoms. The first-order valence-corrected chi connectivity index (χ1v) is 5.60. The molecule has 2 rings (SSSR count). The topological polar surface area (TPSA) is 55.3 Å². The van der Waals surface area contributed by atoms with Crippen molar-refractivity contribution in [2.75, 3.05) is 11.9 Å². The van der Waals surface area contributed by atoms with Gasteiger partial charge in [-0.05, 0) is 12.5 Å². The van der Waals surface area contributed by atoms with Gasteiger partial charge in [-0.25, -0.2) is 0 Å². The van der Waals surface area contributed by atoms with Gasteiger partial charge in [0.25, 0.3) is 6.01 Å². The van der Waals surface area contributed by atoms with E-state index in [9.17, 15) is 0 Å². The summed E-state index contributed by atoms with van der Waals surface area (Å²) in [6, 6.07) is 9.02. The largest absolute Gasteiger partial charge is 0.432 e. The summed E-state index contributed by atoms with van der Waals surface area (Å²) in [7, 11) is 1.95. The fraction of sp³-hybridized carbons (Fsp3) is 0.308. The average Bonchev–Trinajstić information content (AvgIpc) is 2.81. The number of anilines is 1. The van der Waals surface area contributed by atoms with E-state index in [0.29, 0.717) is 12.6 Å². The number of hydrogen-bond donors (Lipinski definition) is 1. The van der Waals surface area contributed by atoms with E-state index < -0.39 is 0 Å². The van der Waals surface area contributed by atoms with Gasteiger partial charge in [-0.3, -0.25) is 0 Å².